The summed E-state index contributed by atoms with van der Waals surface area (Å²) in [4.78, 5) is 10.6. The molecule has 0 saturated carbocycles. The normalized spacial score (nSPS) is 14.5. The van der Waals surface area contributed by atoms with E-state index in [1.165, 1.54) is 0 Å². The van der Waals surface area contributed by atoms with Gasteiger partial charge in [0.15, 0.2) is 0 Å². The van der Waals surface area contributed by atoms with Crippen LogP contribution in [0.4, 0.5) is 5.69 Å². The summed E-state index contributed by atoms with van der Waals surface area (Å²) in [5.41, 5.74) is 2.36. The van der Waals surface area contributed by atoms with Crippen LogP contribution in [-0.4, -0.2) is 17.7 Å². The van der Waals surface area contributed by atoms with E-state index in [0.29, 0.717) is 5.56 Å². The smallest absolute Gasteiger partial charge is 0.335 e. The topological polar surface area (TPSA) is 61.4 Å². The molecule has 0 amide bonds. The van der Waals surface area contributed by atoms with Crippen LogP contribution in [0.5, 0.6) is 0 Å². The number of benzene rings is 1. The molecule has 0 radical (unpaired) electrons. The molecule has 1 heterocycles. The quantitative estimate of drug-likeness (QED) is 0.596. The minimum absolute atomic E-state index is 0.337. The molecule has 1 aromatic carbocycles. The Morgan fingerprint density at radius 3 is 3.08 bits per heavy atom. The average Bonchev–Trinajstić information content (AvgIpc) is 2.17. The first-order valence-corrected chi connectivity index (χ1v) is 4.08. The van der Waals surface area contributed by atoms with Crippen molar-refractivity contribution in [2.24, 2.45) is 0 Å². The highest BCUT2D eigenvalue weighted by Crippen LogP contribution is 2.19. The van der Waals surface area contributed by atoms with Gasteiger partial charge in [0.25, 0.3) is 0 Å². The van der Waals surface area contributed by atoms with Gasteiger partial charge >= 0.3 is 5.97 Å². The average molecular weight is 178 g/mol. The number of hydrogen-bond donors (Lipinski definition) is 3. The van der Waals surface area contributed by atoms with E-state index in [0.717, 1.165) is 24.5 Å². The molecule has 1 aliphatic heterocycles. The molecule has 1 aromatic rings. The summed E-state index contributed by atoms with van der Waals surface area (Å²) in [7, 11) is 0. The number of aromatic carboxylic acids is 1. The van der Waals surface area contributed by atoms with E-state index in [1.54, 1.807) is 18.2 Å². The Morgan fingerprint density at radius 1 is 1.46 bits per heavy atom. The fourth-order valence-electron chi connectivity index (χ4n) is 1.40. The van der Waals surface area contributed by atoms with Crippen molar-refractivity contribution in [2.45, 2.75) is 6.54 Å². The predicted octanol–water partition coefficient (Wildman–Crippen LogP) is 0.857. The summed E-state index contributed by atoms with van der Waals surface area (Å²) in [6.07, 6.45) is 0. The fourth-order valence-corrected chi connectivity index (χ4v) is 1.40. The largest absolute Gasteiger partial charge is 0.478 e. The van der Waals surface area contributed by atoms with Gasteiger partial charge in [0, 0.05) is 12.2 Å². The lowest BCUT2D eigenvalue weighted by Crippen LogP contribution is -2.27. The molecule has 13 heavy (non-hydrogen) atoms. The van der Waals surface area contributed by atoms with Gasteiger partial charge in [0.1, 0.15) is 0 Å². The molecule has 68 valence electrons. The fraction of sp³-hybridized carbons (Fsp3) is 0.222. The van der Waals surface area contributed by atoms with Crippen LogP contribution in [0.15, 0.2) is 18.2 Å². The van der Waals surface area contributed by atoms with Crippen LogP contribution < -0.4 is 10.6 Å². The monoisotopic (exact) mass is 178 g/mol. The molecule has 2 rings (SSSR count). The first kappa shape index (κ1) is 8.07. The Balaban J connectivity index is 2.40. The Bertz CT molecular complexity index is 349. The van der Waals surface area contributed by atoms with E-state index in [1.807, 2.05) is 0 Å². The highest BCUT2D eigenvalue weighted by molar-refractivity contribution is 5.88. The lowest BCUT2D eigenvalue weighted by Gasteiger charge is -2.19. The zero-order valence-corrected chi connectivity index (χ0v) is 7.00. The molecular weight excluding hydrogens is 168 g/mol. The molecule has 0 saturated heterocycles. The van der Waals surface area contributed by atoms with E-state index >= 15 is 0 Å². The van der Waals surface area contributed by atoms with E-state index in [4.69, 9.17) is 5.11 Å². The Labute approximate surface area is 75.6 Å². The second kappa shape index (κ2) is 3.06. The third-order valence-electron chi connectivity index (χ3n) is 2.07. The van der Waals surface area contributed by atoms with Crippen molar-refractivity contribution in [3.05, 3.63) is 29.3 Å². The number of nitrogens with one attached hydrogen (secondary N) is 2. The van der Waals surface area contributed by atoms with Gasteiger partial charge in [-0.15, -0.1) is 0 Å². The number of anilines is 1. The first-order valence-electron chi connectivity index (χ1n) is 4.08. The first-order chi connectivity index (χ1) is 6.27. The third-order valence-corrected chi connectivity index (χ3v) is 2.07. The standard InChI is InChI=1S/C9H10N2O2/c12-9(13)6-1-2-8-7(3-6)4-10-5-11-8/h1-3,10-11H,4-5H2,(H,12,13). The second-order valence-corrected chi connectivity index (χ2v) is 2.96. The van der Waals surface area contributed by atoms with Crippen LogP contribution in [0.25, 0.3) is 0 Å². The summed E-state index contributed by atoms with van der Waals surface area (Å²) in [6, 6.07) is 5.11. The zero-order chi connectivity index (χ0) is 9.26. The molecule has 0 atom stereocenters. The molecule has 0 spiro atoms. The molecule has 0 bridgehead atoms. The maximum Gasteiger partial charge on any atom is 0.335 e. The van der Waals surface area contributed by atoms with E-state index in [9.17, 15) is 4.79 Å². The maximum atomic E-state index is 10.6. The van der Waals surface area contributed by atoms with Gasteiger partial charge in [0.2, 0.25) is 0 Å². The molecule has 0 aliphatic carbocycles. The molecule has 4 nitrogen and oxygen atoms in total. The van der Waals surface area contributed by atoms with Crippen molar-refractivity contribution in [3.8, 4) is 0 Å². The van der Waals surface area contributed by atoms with Crippen molar-refractivity contribution < 1.29 is 9.90 Å². The van der Waals surface area contributed by atoms with E-state index in [2.05, 4.69) is 10.6 Å². The number of fused-ring (bicyclic) bond motifs is 1. The van der Waals surface area contributed by atoms with E-state index < -0.39 is 5.97 Å². The number of rotatable bonds is 1. The summed E-state index contributed by atoms with van der Waals surface area (Å²) >= 11 is 0. The van der Waals surface area contributed by atoms with Crippen molar-refractivity contribution in [3.63, 3.8) is 0 Å². The van der Waals surface area contributed by atoms with Crippen LogP contribution in [0.2, 0.25) is 0 Å². The molecule has 0 unspecified atom stereocenters. The van der Waals surface area contributed by atoms with Gasteiger partial charge in [0.05, 0.1) is 12.2 Å². The SMILES string of the molecule is O=C(O)c1ccc2c(c1)CNCN2. The van der Waals surface area contributed by atoms with Gasteiger partial charge in [-0.25, -0.2) is 4.79 Å². The van der Waals surface area contributed by atoms with Gasteiger partial charge in [-0.1, -0.05) is 0 Å². The lowest BCUT2D eigenvalue weighted by molar-refractivity contribution is 0.0697. The highest BCUT2D eigenvalue weighted by atomic mass is 16.4. The summed E-state index contributed by atoms with van der Waals surface area (Å²) in [5.74, 6) is -0.881. The summed E-state index contributed by atoms with van der Waals surface area (Å²) in [6.45, 7) is 1.46. The molecule has 1 aliphatic rings. The Hall–Kier alpha value is -1.55. The maximum absolute atomic E-state index is 10.6. The van der Waals surface area contributed by atoms with Gasteiger partial charge in [-0.3, -0.25) is 5.32 Å². The molecule has 0 fully saturated rings. The van der Waals surface area contributed by atoms with Crippen molar-refractivity contribution in [1.29, 1.82) is 0 Å². The number of carboxylic acids is 1. The molecular formula is C9H10N2O2. The van der Waals surface area contributed by atoms with Crippen LogP contribution in [0.3, 0.4) is 0 Å². The lowest BCUT2D eigenvalue weighted by atomic mass is 10.1. The molecule has 0 aromatic heterocycles. The summed E-state index contributed by atoms with van der Waals surface area (Å²) in [5, 5.41) is 15.0. The summed E-state index contributed by atoms with van der Waals surface area (Å²) < 4.78 is 0. The number of carbonyl (C=O) groups is 1. The van der Waals surface area contributed by atoms with Crippen molar-refractivity contribution in [1.82, 2.24) is 5.32 Å². The zero-order valence-electron chi connectivity index (χ0n) is 7.00. The molecule has 3 N–H and O–H groups in total. The molecule has 4 heteroatoms. The van der Waals surface area contributed by atoms with Crippen molar-refractivity contribution in [2.75, 3.05) is 12.0 Å². The Morgan fingerprint density at radius 2 is 2.31 bits per heavy atom. The van der Waals surface area contributed by atoms with Crippen molar-refractivity contribution >= 4 is 11.7 Å². The van der Waals surface area contributed by atoms with E-state index in [-0.39, 0.29) is 0 Å². The van der Waals surface area contributed by atoms with Crippen LogP contribution in [0, 0.1) is 0 Å². The van der Waals surface area contributed by atoms with Crippen LogP contribution >= 0.6 is 0 Å². The van der Waals surface area contributed by atoms with Crippen LogP contribution in [-0.2, 0) is 6.54 Å². The Kier molecular flexibility index (Phi) is 1.90. The minimum Gasteiger partial charge on any atom is -0.478 e. The van der Waals surface area contributed by atoms with Gasteiger partial charge < -0.3 is 10.4 Å². The third kappa shape index (κ3) is 1.48. The number of carboxylic acid groups (broad SMARTS) is 1. The van der Waals surface area contributed by atoms with Gasteiger partial charge in [-0.2, -0.15) is 0 Å². The minimum atomic E-state index is -0.881. The number of hydrogen-bond acceptors (Lipinski definition) is 3. The van der Waals surface area contributed by atoms with Gasteiger partial charge in [-0.05, 0) is 23.8 Å². The second-order valence-electron chi connectivity index (χ2n) is 2.96. The van der Waals surface area contributed by atoms with Crippen LogP contribution in [0.1, 0.15) is 15.9 Å². The highest BCUT2D eigenvalue weighted by Gasteiger charge is 2.10. The predicted molar refractivity (Wildman–Crippen MR) is 48.7 cm³/mol.